The number of hydrogen-bond donors (Lipinski definition) is 1. The molecule has 1 atom stereocenters. The van der Waals surface area contributed by atoms with Gasteiger partial charge in [-0.1, -0.05) is 32.1 Å². The summed E-state index contributed by atoms with van der Waals surface area (Å²) in [6, 6.07) is 0.0798. The summed E-state index contributed by atoms with van der Waals surface area (Å²) >= 11 is 1.59. The molecule has 1 amide bonds. The molecule has 3 heterocycles. The van der Waals surface area contributed by atoms with Crippen molar-refractivity contribution in [3.05, 3.63) is 11.9 Å². The number of hydrogen-bond acceptors (Lipinski definition) is 6. The Bertz CT molecular complexity index is 737. The summed E-state index contributed by atoms with van der Waals surface area (Å²) in [5, 5.41) is 8.54. The average molecular weight is 366 g/mol. The molecule has 0 bridgehead atoms. The van der Waals surface area contributed by atoms with Gasteiger partial charge in [0.2, 0.25) is 10.1 Å². The van der Waals surface area contributed by atoms with Crippen molar-refractivity contribution in [3.63, 3.8) is 0 Å². The Kier molecular flexibility index (Phi) is 4.43. The highest BCUT2D eigenvalue weighted by Crippen LogP contribution is 2.29. The maximum absolute atomic E-state index is 11.9. The van der Waals surface area contributed by atoms with E-state index in [0.29, 0.717) is 0 Å². The van der Waals surface area contributed by atoms with Crippen LogP contribution in [-0.2, 0) is 10.2 Å². The van der Waals surface area contributed by atoms with Gasteiger partial charge < -0.3 is 15.0 Å². The third-order valence-corrected chi connectivity index (χ3v) is 4.96. The SMILES string of the molecule is CC(C)(C)OC(=O)NC1CCN(c2nn3cc(C(C)(C)C)nc3s2)C1. The van der Waals surface area contributed by atoms with Gasteiger partial charge in [-0.15, -0.1) is 5.10 Å². The zero-order valence-corrected chi connectivity index (χ0v) is 16.6. The number of alkyl carbamates (subject to hydrolysis) is 1. The maximum Gasteiger partial charge on any atom is 0.407 e. The number of carbonyl (C=O) groups is 1. The smallest absolute Gasteiger partial charge is 0.407 e. The molecule has 0 radical (unpaired) electrons. The fourth-order valence-corrected chi connectivity index (χ4v) is 3.62. The lowest BCUT2D eigenvalue weighted by Crippen LogP contribution is -2.40. The number of nitrogens with one attached hydrogen (secondary N) is 1. The van der Waals surface area contributed by atoms with E-state index in [1.165, 1.54) is 0 Å². The van der Waals surface area contributed by atoms with Crippen molar-refractivity contribution in [1.82, 2.24) is 19.9 Å². The lowest BCUT2D eigenvalue weighted by atomic mass is 9.93. The van der Waals surface area contributed by atoms with Crippen LogP contribution in [0.25, 0.3) is 4.96 Å². The number of ether oxygens (including phenoxy) is 1. The van der Waals surface area contributed by atoms with Gasteiger partial charge in [-0.2, -0.15) is 0 Å². The van der Waals surface area contributed by atoms with Gasteiger partial charge in [-0.05, 0) is 27.2 Å². The summed E-state index contributed by atoms with van der Waals surface area (Å²) in [7, 11) is 0. The normalized spacial score (nSPS) is 18.8. The first-order valence-electron chi connectivity index (χ1n) is 8.62. The van der Waals surface area contributed by atoms with Crippen LogP contribution in [0.2, 0.25) is 0 Å². The van der Waals surface area contributed by atoms with Crippen LogP contribution in [0, 0.1) is 0 Å². The average Bonchev–Trinajstić information content (AvgIpc) is 3.06. The van der Waals surface area contributed by atoms with Crippen LogP contribution < -0.4 is 10.2 Å². The zero-order valence-electron chi connectivity index (χ0n) is 15.8. The molecule has 2 aromatic heterocycles. The van der Waals surface area contributed by atoms with Crippen molar-refractivity contribution in [1.29, 1.82) is 0 Å². The molecule has 8 heteroatoms. The molecule has 0 aliphatic carbocycles. The van der Waals surface area contributed by atoms with Crippen LogP contribution >= 0.6 is 11.3 Å². The second kappa shape index (κ2) is 6.16. The quantitative estimate of drug-likeness (QED) is 0.885. The van der Waals surface area contributed by atoms with Gasteiger partial charge in [0, 0.05) is 18.5 Å². The molecular weight excluding hydrogens is 338 g/mol. The summed E-state index contributed by atoms with van der Waals surface area (Å²) in [6.45, 7) is 13.6. The Hall–Kier alpha value is -1.83. The van der Waals surface area contributed by atoms with Crippen molar-refractivity contribution < 1.29 is 9.53 Å². The van der Waals surface area contributed by atoms with E-state index >= 15 is 0 Å². The molecule has 138 valence electrons. The molecule has 1 unspecified atom stereocenters. The van der Waals surface area contributed by atoms with Crippen molar-refractivity contribution in [3.8, 4) is 0 Å². The highest BCUT2D eigenvalue weighted by Gasteiger charge is 2.28. The van der Waals surface area contributed by atoms with E-state index in [0.717, 1.165) is 35.3 Å². The van der Waals surface area contributed by atoms with Gasteiger partial charge in [-0.3, -0.25) is 0 Å². The third kappa shape index (κ3) is 4.23. The molecule has 0 aromatic carbocycles. The van der Waals surface area contributed by atoms with Gasteiger partial charge in [0.25, 0.3) is 0 Å². The van der Waals surface area contributed by atoms with Crippen LogP contribution in [0.5, 0.6) is 0 Å². The molecular formula is C17H27N5O2S. The molecule has 2 aromatic rings. The van der Waals surface area contributed by atoms with Gasteiger partial charge in [0.05, 0.1) is 17.9 Å². The largest absolute Gasteiger partial charge is 0.444 e. The van der Waals surface area contributed by atoms with E-state index in [4.69, 9.17) is 4.74 Å². The van der Waals surface area contributed by atoms with Gasteiger partial charge in [-0.25, -0.2) is 14.3 Å². The summed E-state index contributed by atoms with van der Waals surface area (Å²) in [4.78, 5) is 19.7. The van der Waals surface area contributed by atoms with Crippen LogP contribution in [-0.4, -0.2) is 45.4 Å². The molecule has 1 fully saturated rings. The third-order valence-electron chi connectivity index (χ3n) is 3.98. The number of carbonyl (C=O) groups excluding carboxylic acids is 1. The highest BCUT2D eigenvalue weighted by molar-refractivity contribution is 7.20. The fourth-order valence-electron chi connectivity index (χ4n) is 2.70. The number of imidazole rings is 1. The van der Waals surface area contributed by atoms with Crippen LogP contribution in [0.3, 0.4) is 0 Å². The molecule has 0 spiro atoms. The molecule has 25 heavy (non-hydrogen) atoms. The van der Waals surface area contributed by atoms with E-state index in [1.807, 2.05) is 31.5 Å². The first-order valence-corrected chi connectivity index (χ1v) is 9.44. The predicted molar refractivity (Wildman–Crippen MR) is 99.6 cm³/mol. The number of nitrogens with zero attached hydrogens (tertiary/aromatic N) is 4. The molecule has 0 saturated carbocycles. The zero-order chi connectivity index (χ0) is 18.4. The van der Waals surface area contributed by atoms with Crippen molar-refractivity contribution in [2.24, 2.45) is 0 Å². The minimum atomic E-state index is -0.478. The minimum absolute atomic E-state index is 0.0175. The number of amides is 1. The maximum atomic E-state index is 11.9. The lowest BCUT2D eigenvalue weighted by Gasteiger charge is -2.21. The monoisotopic (exact) mass is 365 g/mol. The van der Waals surface area contributed by atoms with E-state index in [-0.39, 0.29) is 17.6 Å². The molecule has 1 saturated heterocycles. The Morgan fingerprint density at radius 1 is 1.32 bits per heavy atom. The number of aromatic nitrogens is 3. The topological polar surface area (TPSA) is 71.8 Å². The summed E-state index contributed by atoms with van der Waals surface area (Å²) in [5.74, 6) is 0. The second-order valence-corrected chi connectivity index (χ2v) is 9.50. The molecule has 3 rings (SSSR count). The molecule has 1 aliphatic heterocycles. The van der Waals surface area contributed by atoms with E-state index < -0.39 is 5.60 Å². The molecule has 7 nitrogen and oxygen atoms in total. The summed E-state index contributed by atoms with van der Waals surface area (Å²) in [5.41, 5.74) is 0.584. The first kappa shape index (κ1) is 18.0. The van der Waals surface area contributed by atoms with E-state index in [9.17, 15) is 4.79 Å². The Morgan fingerprint density at radius 3 is 2.64 bits per heavy atom. The van der Waals surface area contributed by atoms with Crippen molar-refractivity contribution in [2.75, 3.05) is 18.0 Å². The highest BCUT2D eigenvalue weighted by atomic mass is 32.1. The van der Waals surface area contributed by atoms with Gasteiger partial charge in [0.15, 0.2) is 0 Å². The first-order chi connectivity index (χ1) is 11.5. The fraction of sp³-hybridized carbons (Fsp3) is 0.706. The second-order valence-electron chi connectivity index (χ2n) is 8.57. The van der Waals surface area contributed by atoms with Crippen LogP contribution in [0.1, 0.15) is 53.7 Å². The summed E-state index contributed by atoms with van der Waals surface area (Å²) in [6.07, 6.45) is 2.53. The standard InChI is InChI=1S/C17H27N5O2S/c1-16(2,3)12-10-22-13(19-12)25-14(20-22)21-8-7-11(9-21)18-15(23)24-17(4,5)6/h10-11H,7-9H2,1-6H3,(H,18,23). The van der Waals surface area contributed by atoms with E-state index in [1.54, 1.807) is 11.3 Å². The number of fused-ring (bicyclic) bond motifs is 1. The number of anilines is 1. The van der Waals surface area contributed by atoms with Crippen molar-refractivity contribution in [2.45, 2.75) is 65.0 Å². The van der Waals surface area contributed by atoms with Crippen LogP contribution in [0.4, 0.5) is 9.93 Å². The van der Waals surface area contributed by atoms with Gasteiger partial charge in [0.1, 0.15) is 5.60 Å². The Morgan fingerprint density at radius 2 is 2.04 bits per heavy atom. The van der Waals surface area contributed by atoms with Gasteiger partial charge >= 0.3 is 6.09 Å². The molecule has 1 aliphatic rings. The minimum Gasteiger partial charge on any atom is -0.444 e. The van der Waals surface area contributed by atoms with Crippen LogP contribution in [0.15, 0.2) is 6.20 Å². The lowest BCUT2D eigenvalue weighted by molar-refractivity contribution is 0.0509. The molecule has 1 N–H and O–H groups in total. The van der Waals surface area contributed by atoms with E-state index in [2.05, 4.69) is 41.1 Å². The Balaban J connectivity index is 1.63. The summed E-state index contributed by atoms with van der Waals surface area (Å²) < 4.78 is 7.18. The number of rotatable bonds is 2. The van der Waals surface area contributed by atoms with Crippen molar-refractivity contribution >= 4 is 27.5 Å². The predicted octanol–water partition coefficient (Wildman–Crippen LogP) is 3.19. The Labute approximate surface area is 152 Å².